The van der Waals surface area contributed by atoms with E-state index in [1.807, 2.05) is 43.3 Å². The van der Waals surface area contributed by atoms with E-state index in [0.717, 1.165) is 17.5 Å². The van der Waals surface area contributed by atoms with Gasteiger partial charge in [-0.05, 0) is 36.2 Å². The average Bonchev–Trinajstić information content (AvgIpc) is 2.67. The van der Waals surface area contributed by atoms with E-state index in [9.17, 15) is 5.11 Å². The number of nitrogens with two attached hydrogens (primary N) is 1. The van der Waals surface area contributed by atoms with Crippen LogP contribution in [0.5, 0.6) is 5.75 Å². The van der Waals surface area contributed by atoms with Crippen molar-refractivity contribution in [1.29, 1.82) is 0 Å². The Morgan fingerprint density at radius 1 is 1.15 bits per heavy atom. The van der Waals surface area contributed by atoms with E-state index in [2.05, 4.69) is 15.3 Å². The summed E-state index contributed by atoms with van der Waals surface area (Å²) in [5.74, 6) is 1.22. The molecule has 0 unspecified atom stereocenters. The van der Waals surface area contributed by atoms with Crippen LogP contribution in [0.15, 0.2) is 54.7 Å². The van der Waals surface area contributed by atoms with Crippen molar-refractivity contribution in [2.24, 2.45) is 5.73 Å². The second kappa shape index (κ2) is 8.17. The maximum absolute atomic E-state index is 10.3. The molecule has 0 saturated carbocycles. The molecule has 0 fully saturated rings. The van der Waals surface area contributed by atoms with Gasteiger partial charge in [0.25, 0.3) is 0 Å². The molecule has 0 aliphatic heterocycles. The number of benzene rings is 2. The molecule has 2 aromatic carbocycles. The predicted molar refractivity (Wildman–Crippen MR) is 106 cm³/mol. The number of halogens is 1. The Bertz CT molecular complexity index is 900. The van der Waals surface area contributed by atoms with Crippen molar-refractivity contribution < 1.29 is 5.11 Å². The Kier molecular flexibility index (Phi) is 5.71. The number of phenolic OH excluding ortho intramolecular Hbond substituents is 1. The smallest absolute Gasteiger partial charge is 0.165 e. The van der Waals surface area contributed by atoms with Gasteiger partial charge in [-0.3, -0.25) is 0 Å². The van der Waals surface area contributed by atoms with Gasteiger partial charge in [-0.25, -0.2) is 9.97 Å². The third kappa shape index (κ3) is 4.12. The van der Waals surface area contributed by atoms with Crippen LogP contribution in [0, 0.1) is 0 Å². The quantitative estimate of drug-likeness (QED) is 0.603. The average molecular weight is 369 g/mol. The number of nitrogens with zero attached hydrogens (tertiary/aromatic N) is 2. The molecule has 4 N–H and O–H groups in total. The zero-order chi connectivity index (χ0) is 18.5. The Balaban J connectivity index is 1.94. The topological polar surface area (TPSA) is 84.1 Å². The van der Waals surface area contributed by atoms with Crippen LogP contribution in [0.2, 0.25) is 5.02 Å². The highest BCUT2D eigenvalue weighted by molar-refractivity contribution is 6.33. The van der Waals surface area contributed by atoms with E-state index in [1.54, 1.807) is 18.3 Å². The lowest BCUT2D eigenvalue weighted by atomic mass is 10.0. The van der Waals surface area contributed by atoms with Gasteiger partial charge in [-0.1, -0.05) is 42.8 Å². The van der Waals surface area contributed by atoms with Gasteiger partial charge < -0.3 is 16.2 Å². The van der Waals surface area contributed by atoms with Crippen molar-refractivity contribution in [3.05, 3.63) is 59.8 Å². The first-order valence-corrected chi connectivity index (χ1v) is 8.87. The first kappa shape index (κ1) is 18.2. The van der Waals surface area contributed by atoms with Gasteiger partial charge in [0.05, 0.1) is 5.56 Å². The van der Waals surface area contributed by atoms with Gasteiger partial charge in [0.15, 0.2) is 5.82 Å². The van der Waals surface area contributed by atoms with Crippen LogP contribution >= 0.6 is 11.6 Å². The molecule has 0 bridgehead atoms. The first-order valence-electron chi connectivity index (χ1n) is 8.49. The van der Waals surface area contributed by atoms with Crippen molar-refractivity contribution in [2.75, 3.05) is 11.9 Å². The van der Waals surface area contributed by atoms with E-state index in [-0.39, 0.29) is 11.8 Å². The van der Waals surface area contributed by atoms with Crippen molar-refractivity contribution in [3.63, 3.8) is 0 Å². The van der Waals surface area contributed by atoms with Crippen molar-refractivity contribution in [3.8, 4) is 28.3 Å². The largest absolute Gasteiger partial charge is 0.507 e. The highest BCUT2D eigenvalue weighted by Gasteiger charge is 2.12. The number of aromatic hydroxyl groups is 1. The third-order valence-electron chi connectivity index (χ3n) is 4.15. The molecule has 0 aliphatic rings. The van der Waals surface area contributed by atoms with Gasteiger partial charge in [-0.2, -0.15) is 0 Å². The number of hydrogen-bond donors (Lipinski definition) is 3. The number of aromatic nitrogens is 2. The summed E-state index contributed by atoms with van der Waals surface area (Å²) in [6.45, 7) is 2.66. The molecular formula is C20H21ClN4O. The number of hydrogen-bond acceptors (Lipinski definition) is 5. The number of phenols is 1. The molecule has 6 heteroatoms. The molecular weight excluding hydrogens is 348 g/mol. The molecule has 5 nitrogen and oxygen atoms in total. The molecule has 1 atom stereocenters. The predicted octanol–water partition coefficient (Wildman–Crippen LogP) is 4.32. The molecule has 134 valence electrons. The Labute approximate surface area is 157 Å². The standard InChI is InChI=1S/C20H21ClN4O/c1-2-14(22)12-24-19-9-10-23-20(25-19)16-11-13(7-8-18(16)26)15-5-3-4-6-17(15)21/h3-11,14,26H,2,12,22H2,1H3,(H,23,24,25)/t14-/m0/s1. The fourth-order valence-electron chi connectivity index (χ4n) is 2.54. The summed E-state index contributed by atoms with van der Waals surface area (Å²) in [6.07, 6.45) is 2.54. The number of nitrogens with one attached hydrogen (secondary N) is 1. The molecule has 1 heterocycles. The Morgan fingerprint density at radius 2 is 1.96 bits per heavy atom. The summed E-state index contributed by atoms with van der Waals surface area (Å²) in [4.78, 5) is 8.80. The SMILES string of the molecule is CC[C@H](N)CNc1ccnc(-c2cc(-c3ccccc3Cl)ccc2O)n1. The van der Waals surface area contributed by atoms with Gasteiger partial charge >= 0.3 is 0 Å². The fraction of sp³-hybridized carbons (Fsp3) is 0.200. The highest BCUT2D eigenvalue weighted by Crippen LogP contribution is 2.34. The van der Waals surface area contributed by atoms with E-state index < -0.39 is 0 Å². The molecule has 0 saturated heterocycles. The lowest BCUT2D eigenvalue weighted by Gasteiger charge is -2.12. The van der Waals surface area contributed by atoms with E-state index in [0.29, 0.717) is 28.8 Å². The van der Waals surface area contributed by atoms with Crippen LogP contribution in [0.4, 0.5) is 5.82 Å². The van der Waals surface area contributed by atoms with Crippen LogP contribution in [0.25, 0.3) is 22.5 Å². The number of anilines is 1. The summed E-state index contributed by atoms with van der Waals surface area (Å²) in [6, 6.07) is 14.7. The fourth-order valence-corrected chi connectivity index (χ4v) is 2.79. The molecule has 0 spiro atoms. The molecule has 0 aliphatic carbocycles. The molecule has 26 heavy (non-hydrogen) atoms. The van der Waals surface area contributed by atoms with Crippen LogP contribution in [0.1, 0.15) is 13.3 Å². The normalized spacial score (nSPS) is 12.0. The van der Waals surface area contributed by atoms with Crippen molar-refractivity contribution >= 4 is 17.4 Å². The monoisotopic (exact) mass is 368 g/mol. The van der Waals surface area contributed by atoms with E-state index >= 15 is 0 Å². The minimum absolute atomic E-state index is 0.0605. The summed E-state index contributed by atoms with van der Waals surface area (Å²) in [5, 5.41) is 14.1. The second-order valence-electron chi connectivity index (χ2n) is 6.03. The van der Waals surface area contributed by atoms with Crippen LogP contribution in [0.3, 0.4) is 0 Å². The maximum Gasteiger partial charge on any atom is 0.165 e. The molecule has 1 aromatic heterocycles. The molecule has 0 amide bonds. The summed E-state index contributed by atoms with van der Waals surface area (Å²) in [7, 11) is 0. The first-order chi connectivity index (χ1) is 12.6. The van der Waals surface area contributed by atoms with Crippen LogP contribution < -0.4 is 11.1 Å². The Morgan fingerprint density at radius 3 is 2.73 bits per heavy atom. The summed E-state index contributed by atoms with van der Waals surface area (Å²) < 4.78 is 0. The van der Waals surface area contributed by atoms with Crippen molar-refractivity contribution in [2.45, 2.75) is 19.4 Å². The minimum atomic E-state index is 0.0605. The second-order valence-corrected chi connectivity index (χ2v) is 6.43. The maximum atomic E-state index is 10.3. The zero-order valence-corrected chi connectivity index (χ0v) is 15.2. The van der Waals surface area contributed by atoms with E-state index in [4.69, 9.17) is 17.3 Å². The van der Waals surface area contributed by atoms with Crippen molar-refractivity contribution in [1.82, 2.24) is 9.97 Å². The van der Waals surface area contributed by atoms with Crippen LogP contribution in [-0.4, -0.2) is 27.7 Å². The Hall–Kier alpha value is -2.63. The lowest BCUT2D eigenvalue weighted by molar-refractivity contribution is 0.477. The summed E-state index contributed by atoms with van der Waals surface area (Å²) in [5.41, 5.74) is 8.26. The van der Waals surface area contributed by atoms with Gasteiger partial charge in [0.2, 0.25) is 0 Å². The van der Waals surface area contributed by atoms with Gasteiger partial charge in [0, 0.05) is 29.4 Å². The van der Waals surface area contributed by atoms with Gasteiger partial charge in [-0.15, -0.1) is 0 Å². The highest BCUT2D eigenvalue weighted by atomic mass is 35.5. The lowest BCUT2D eigenvalue weighted by Crippen LogP contribution is -2.28. The summed E-state index contributed by atoms with van der Waals surface area (Å²) >= 11 is 6.29. The van der Waals surface area contributed by atoms with Crippen LogP contribution in [-0.2, 0) is 0 Å². The zero-order valence-electron chi connectivity index (χ0n) is 14.5. The third-order valence-corrected chi connectivity index (χ3v) is 4.48. The molecule has 3 rings (SSSR count). The van der Waals surface area contributed by atoms with E-state index in [1.165, 1.54) is 0 Å². The van der Waals surface area contributed by atoms with Gasteiger partial charge in [0.1, 0.15) is 11.6 Å². The minimum Gasteiger partial charge on any atom is -0.507 e. The molecule has 3 aromatic rings. The molecule has 0 radical (unpaired) electrons. The number of rotatable bonds is 6.